The summed E-state index contributed by atoms with van der Waals surface area (Å²) in [5, 5.41) is 4.41. The highest BCUT2D eigenvalue weighted by Gasteiger charge is 2.30. The molecule has 2 nitrogen and oxygen atoms in total. The third-order valence-electron chi connectivity index (χ3n) is 5.87. The minimum absolute atomic E-state index is 0.550. The molecule has 23 heavy (non-hydrogen) atoms. The van der Waals surface area contributed by atoms with Gasteiger partial charge >= 0.3 is 0 Å². The zero-order valence-corrected chi connectivity index (χ0v) is 15.2. The first-order valence-electron chi connectivity index (χ1n) is 9.44. The van der Waals surface area contributed by atoms with Crippen molar-refractivity contribution in [3.63, 3.8) is 0 Å². The van der Waals surface area contributed by atoms with Crippen LogP contribution in [-0.4, -0.2) is 31.2 Å². The molecule has 0 spiro atoms. The molecule has 3 rings (SSSR count). The van der Waals surface area contributed by atoms with Crippen LogP contribution in [0.1, 0.15) is 62.8 Å². The van der Waals surface area contributed by atoms with E-state index in [9.17, 15) is 0 Å². The Kier molecular flexibility index (Phi) is 6.38. The van der Waals surface area contributed by atoms with Crippen molar-refractivity contribution in [1.82, 2.24) is 10.2 Å². The molecule has 1 saturated heterocycles. The Balaban J connectivity index is 1.79. The summed E-state index contributed by atoms with van der Waals surface area (Å²) in [7, 11) is 2.11. The first-order chi connectivity index (χ1) is 11.3. The number of benzene rings is 1. The van der Waals surface area contributed by atoms with Gasteiger partial charge in [0.2, 0.25) is 0 Å². The molecule has 3 heteroatoms. The highest BCUT2D eigenvalue weighted by molar-refractivity contribution is 6.30. The van der Waals surface area contributed by atoms with E-state index in [1.54, 1.807) is 0 Å². The monoisotopic (exact) mass is 334 g/mol. The van der Waals surface area contributed by atoms with E-state index in [2.05, 4.69) is 35.5 Å². The molecular weight excluding hydrogens is 304 g/mol. The molecule has 2 atom stereocenters. The second kappa shape index (κ2) is 8.50. The van der Waals surface area contributed by atoms with Crippen LogP contribution in [0, 0.1) is 5.92 Å². The fourth-order valence-corrected chi connectivity index (χ4v) is 4.79. The van der Waals surface area contributed by atoms with E-state index in [1.807, 2.05) is 6.07 Å². The zero-order chi connectivity index (χ0) is 16.1. The quantitative estimate of drug-likeness (QED) is 0.811. The number of piperidine rings is 1. The van der Waals surface area contributed by atoms with Gasteiger partial charge in [0.1, 0.15) is 0 Å². The van der Waals surface area contributed by atoms with Crippen LogP contribution in [0.15, 0.2) is 24.3 Å². The van der Waals surface area contributed by atoms with Crippen molar-refractivity contribution in [2.75, 3.05) is 20.1 Å². The molecular formula is C20H31ClN2. The molecule has 1 aromatic rings. The molecule has 1 heterocycles. The predicted molar refractivity (Wildman–Crippen MR) is 99.0 cm³/mol. The smallest absolute Gasteiger partial charge is 0.0594 e. The summed E-state index contributed by atoms with van der Waals surface area (Å²) in [5.41, 5.74) is 1.45. The molecule has 2 fully saturated rings. The molecule has 128 valence electrons. The van der Waals surface area contributed by atoms with Gasteiger partial charge in [-0.05, 0) is 75.2 Å². The summed E-state index contributed by atoms with van der Waals surface area (Å²) in [6.45, 7) is 2.41. The number of rotatable bonds is 5. The molecule has 2 aliphatic rings. The SMILES string of the molecule is CNC1CCCCN1CC(c1cccc(Cl)c1)C1CCCCC1. The first kappa shape index (κ1) is 17.3. The average molecular weight is 335 g/mol. The van der Waals surface area contributed by atoms with Gasteiger partial charge in [0.15, 0.2) is 0 Å². The topological polar surface area (TPSA) is 15.3 Å². The number of halogens is 1. The van der Waals surface area contributed by atoms with Gasteiger partial charge < -0.3 is 5.32 Å². The second-order valence-electron chi connectivity index (χ2n) is 7.35. The highest BCUT2D eigenvalue weighted by Crippen LogP contribution is 2.38. The summed E-state index contributed by atoms with van der Waals surface area (Å²) in [4.78, 5) is 2.68. The number of nitrogens with zero attached hydrogens (tertiary/aromatic N) is 1. The van der Waals surface area contributed by atoms with Crippen LogP contribution in [-0.2, 0) is 0 Å². The lowest BCUT2D eigenvalue weighted by molar-refractivity contribution is 0.104. The van der Waals surface area contributed by atoms with E-state index in [0.29, 0.717) is 12.1 Å². The third kappa shape index (κ3) is 4.49. The van der Waals surface area contributed by atoms with E-state index in [1.165, 1.54) is 70.0 Å². The fraction of sp³-hybridized carbons (Fsp3) is 0.700. The predicted octanol–water partition coefficient (Wildman–Crippen LogP) is 5.04. The molecule has 2 unspecified atom stereocenters. The number of hydrogen-bond acceptors (Lipinski definition) is 2. The maximum absolute atomic E-state index is 6.30. The summed E-state index contributed by atoms with van der Waals surface area (Å²) < 4.78 is 0. The molecule has 1 N–H and O–H groups in total. The lowest BCUT2D eigenvalue weighted by Gasteiger charge is -2.40. The summed E-state index contributed by atoms with van der Waals surface area (Å²) in [5.74, 6) is 1.45. The van der Waals surface area contributed by atoms with Crippen molar-refractivity contribution in [3.8, 4) is 0 Å². The van der Waals surface area contributed by atoms with Gasteiger partial charge in [-0.2, -0.15) is 0 Å². The number of hydrogen-bond donors (Lipinski definition) is 1. The fourth-order valence-electron chi connectivity index (χ4n) is 4.59. The molecule has 1 aliphatic carbocycles. The van der Waals surface area contributed by atoms with Gasteiger partial charge in [-0.25, -0.2) is 0 Å². The van der Waals surface area contributed by atoms with Gasteiger partial charge in [-0.1, -0.05) is 43.0 Å². The van der Waals surface area contributed by atoms with Gasteiger partial charge in [0, 0.05) is 11.6 Å². The molecule has 1 aliphatic heterocycles. The van der Waals surface area contributed by atoms with Gasteiger partial charge in [-0.15, -0.1) is 0 Å². The van der Waals surface area contributed by atoms with Crippen molar-refractivity contribution in [2.45, 2.75) is 63.5 Å². The second-order valence-corrected chi connectivity index (χ2v) is 7.79. The van der Waals surface area contributed by atoms with Crippen LogP contribution in [0.5, 0.6) is 0 Å². The van der Waals surface area contributed by atoms with Crippen LogP contribution < -0.4 is 5.32 Å². The van der Waals surface area contributed by atoms with E-state index in [-0.39, 0.29) is 0 Å². The van der Waals surface area contributed by atoms with Crippen molar-refractivity contribution < 1.29 is 0 Å². The third-order valence-corrected chi connectivity index (χ3v) is 6.11. The summed E-state index contributed by atoms with van der Waals surface area (Å²) in [6.07, 6.45) is 11.5. The van der Waals surface area contributed by atoms with E-state index < -0.39 is 0 Å². The molecule has 1 aromatic carbocycles. The Hall–Kier alpha value is -0.570. The Morgan fingerprint density at radius 1 is 1.13 bits per heavy atom. The van der Waals surface area contributed by atoms with Crippen molar-refractivity contribution >= 4 is 11.6 Å². The zero-order valence-electron chi connectivity index (χ0n) is 14.4. The van der Waals surface area contributed by atoms with Crippen molar-refractivity contribution in [3.05, 3.63) is 34.9 Å². The first-order valence-corrected chi connectivity index (χ1v) is 9.82. The average Bonchev–Trinajstić information content (AvgIpc) is 2.60. The van der Waals surface area contributed by atoms with E-state index >= 15 is 0 Å². The Bertz CT molecular complexity index is 484. The van der Waals surface area contributed by atoms with E-state index in [4.69, 9.17) is 11.6 Å². The molecule has 1 saturated carbocycles. The molecule has 0 amide bonds. The van der Waals surface area contributed by atoms with Crippen molar-refractivity contribution in [2.24, 2.45) is 5.92 Å². The lowest BCUT2D eigenvalue weighted by Crippen LogP contribution is -2.49. The van der Waals surface area contributed by atoms with Crippen LogP contribution in [0.2, 0.25) is 5.02 Å². The van der Waals surface area contributed by atoms with Gasteiger partial charge in [-0.3, -0.25) is 4.90 Å². The molecule has 0 radical (unpaired) electrons. The summed E-state index contributed by atoms with van der Waals surface area (Å²) >= 11 is 6.30. The molecule has 0 aromatic heterocycles. The van der Waals surface area contributed by atoms with E-state index in [0.717, 1.165) is 10.9 Å². The van der Waals surface area contributed by atoms with Crippen LogP contribution in [0.3, 0.4) is 0 Å². The van der Waals surface area contributed by atoms with Gasteiger partial charge in [0.25, 0.3) is 0 Å². The largest absolute Gasteiger partial charge is 0.305 e. The molecule has 0 bridgehead atoms. The summed E-state index contributed by atoms with van der Waals surface area (Å²) in [6, 6.07) is 8.63. The van der Waals surface area contributed by atoms with Crippen LogP contribution in [0.25, 0.3) is 0 Å². The number of nitrogens with one attached hydrogen (secondary N) is 1. The lowest BCUT2D eigenvalue weighted by atomic mass is 9.76. The maximum Gasteiger partial charge on any atom is 0.0594 e. The van der Waals surface area contributed by atoms with Crippen molar-refractivity contribution in [1.29, 1.82) is 0 Å². The Labute approximate surface area is 146 Å². The normalized spacial score (nSPS) is 25.4. The minimum atomic E-state index is 0.550. The van der Waals surface area contributed by atoms with Crippen LogP contribution >= 0.6 is 11.6 Å². The minimum Gasteiger partial charge on any atom is -0.305 e. The number of likely N-dealkylation sites (tertiary alicyclic amines) is 1. The standard InChI is InChI=1S/C20H31ClN2/c1-22-20-12-5-6-13-23(20)15-19(16-8-3-2-4-9-16)17-10-7-11-18(21)14-17/h7,10-11,14,16,19-20,22H,2-6,8-9,12-13,15H2,1H3. The van der Waals surface area contributed by atoms with Crippen LogP contribution in [0.4, 0.5) is 0 Å². The Morgan fingerprint density at radius 3 is 2.65 bits per heavy atom. The maximum atomic E-state index is 6.30. The highest BCUT2D eigenvalue weighted by atomic mass is 35.5. The van der Waals surface area contributed by atoms with Gasteiger partial charge in [0.05, 0.1) is 6.17 Å². The Morgan fingerprint density at radius 2 is 1.91 bits per heavy atom.